The molecule has 8 heteroatoms. The van der Waals surface area contributed by atoms with Gasteiger partial charge < -0.3 is 8.92 Å². The van der Waals surface area contributed by atoms with Crippen LogP contribution in [0.25, 0.3) is 17.3 Å². The van der Waals surface area contributed by atoms with Gasteiger partial charge in [-0.05, 0) is 37.6 Å². The number of likely N-dealkylation sites (tertiary alicyclic amines) is 1. The molecule has 5 rings (SSSR count). The maximum Gasteiger partial charge on any atom is 0.244 e. The maximum absolute atomic E-state index is 5.58. The molecule has 0 spiro atoms. The van der Waals surface area contributed by atoms with Gasteiger partial charge in [-0.2, -0.15) is 4.98 Å². The Hall–Kier alpha value is -3.13. The molecule has 1 aliphatic rings. The van der Waals surface area contributed by atoms with Gasteiger partial charge in [-0.1, -0.05) is 17.6 Å². The number of nitrogens with zero attached hydrogens (tertiary/aromatic N) is 7. The predicted molar refractivity (Wildman–Crippen MR) is 97.5 cm³/mol. The van der Waals surface area contributed by atoms with Crippen LogP contribution in [0, 0.1) is 0 Å². The molecular weight excluding hydrogens is 342 g/mol. The second kappa shape index (κ2) is 6.88. The summed E-state index contributed by atoms with van der Waals surface area (Å²) in [6.07, 6.45) is 10.7. The summed E-state index contributed by atoms with van der Waals surface area (Å²) in [5.41, 5.74) is 2.00. The van der Waals surface area contributed by atoms with Crippen molar-refractivity contribution < 1.29 is 4.52 Å². The topological polar surface area (TPSA) is 85.2 Å². The zero-order valence-corrected chi connectivity index (χ0v) is 14.8. The lowest BCUT2D eigenvalue weighted by molar-refractivity contribution is 0.110. The second-order valence-corrected chi connectivity index (χ2v) is 6.71. The Morgan fingerprint density at radius 2 is 1.96 bits per heavy atom. The molecule has 4 aromatic rings. The van der Waals surface area contributed by atoms with Gasteiger partial charge in [0.15, 0.2) is 0 Å². The van der Waals surface area contributed by atoms with Crippen LogP contribution in [0.1, 0.15) is 36.9 Å². The molecule has 0 saturated carbocycles. The van der Waals surface area contributed by atoms with Gasteiger partial charge in [-0.3, -0.25) is 4.90 Å². The molecule has 1 atom stereocenters. The normalized spacial score (nSPS) is 18.1. The highest BCUT2D eigenvalue weighted by Gasteiger charge is 2.29. The Kier molecular flexibility index (Phi) is 4.10. The van der Waals surface area contributed by atoms with Crippen LogP contribution in [0.5, 0.6) is 0 Å². The molecule has 4 aromatic heterocycles. The van der Waals surface area contributed by atoms with Crippen molar-refractivity contribution in [2.45, 2.75) is 31.8 Å². The van der Waals surface area contributed by atoms with E-state index in [1.807, 2.05) is 28.8 Å². The number of rotatable bonds is 4. The summed E-state index contributed by atoms with van der Waals surface area (Å²) in [5, 5.41) is 4.08. The molecular formula is C19H19N7O. The van der Waals surface area contributed by atoms with Crippen molar-refractivity contribution in [3.05, 3.63) is 60.6 Å². The SMILES string of the molecule is c1cnc(-c2noc(C3CCCCN3Cc3cn4ccccc4n3)n2)nc1. The standard InChI is InChI=1S/C19H19N7O/c1-3-10-25(12-14-13-26-11-4-2-7-16(26)22-14)15(6-1)19-23-18(24-27-19)17-20-8-5-9-21-17/h2,4-5,7-9,11,13,15H,1,3,6,10,12H2. The minimum absolute atomic E-state index is 0.0912. The highest BCUT2D eigenvalue weighted by Crippen LogP contribution is 2.31. The first-order chi connectivity index (χ1) is 13.4. The summed E-state index contributed by atoms with van der Waals surface area (Å²) in [6, 6.07) is 7.88. The summed E-state index contributed by atoms with van der Waals surface area (Å²) >= 11 is 0. The van der Waals surface area contributed by atoms with Crippen molar-refractivity contribution in [1.29, 1.82) is 0 Å². The van der Waals surface area contributed by atoms with Gasteiger partial charge in [0.1, 0.15) is 5.65 Å². The van der Waals surface area contributed by atoms with Crippen molar-refractivity contribution >= 4 is 5.65 Å². The van der Waals surface area contributed by atoms with Gasteiger partial charge in [0.25, 0.3) is 0 Å². The van der Waals surface area contributed by atoms with Crippen molar-refractivity contribution in [2.75, 3.05) is 6.54 Å². The Morgan fingerprint density at radius 1 is 1.04 bits per heavy atom. The molecule has 1 saturated heterocycles. The van der Waals surface area contributed by atoms with E-state index in [1.54, 1.807) is 18.5 Å². The summed E-state index contributed by atoms with van der Waals surface area (Å²) < 4.78 is 7.62. The second-order valence-electron chi connectivity index (χ2n) is 6.71. The Labute approximate surface area is 155 Å². The number of hydrogen-bond donors (Lipinski definition) is 0. The van der Waals surface area contributed by atoms with Crippen LogP contribution in [-0.4, -0.2) is 40.9 Å². The Morgan fingerprint density at radius 3 is 2.85 bits per heavy atom. The van der Waals surface area contributed by atoms with E-state index in [9.17, 15) is 0 Å². The van der Waals surface area contributed by atoms with Crippen molar-refractivity contribution in [2.24, 2.45) is 0 Å². The molecule has 0 bridgehead atoms. The quantitative estimate of drug-likeness (QED) is 0.552. The lowest BCUT2D eigenvalue weighted by Gasteiger charge is -2.32. The molecule has 136 valence electrons. The number of imidazole rings is 1. The lowest BCUT2D eigenvalue weighted by atomic mass is 10.0. The first-order valence-electron chi connectivity index (χ1n) is 9.14. The van der Waals surface area contributed by atoms with Crippen LogP contribution in [0.15, 0.2) is 53.6 Å². The minimum Gasteiger partial charge on any atom is -0.337 e. The van der Waals surface area contributed by atoms with Gasteiger partial charge in [0.2, 0.25) is 17.5 Å². The van der Waals surface area contributed by atoms with E-state index in [2.05, 4.69) is 31.2 Å². The third-order valence-electron chi connectivity index (χ3n) is 4.89. The Bertz CT molecular complexity index is 1010. The zero-order valence-electron chi connectivity index (χ0n) is 14.8. The van der Waals surface area contributed by atoms with E-state index >= 15 is 0 Å². The third kappa shape index (κ3) is 3.19. The summed E-state index contributed by atoms with van der Waals surface area (Å²) in [7, 11) is 0. The van der Waals surface area contributed by atoms with Crippen molar-refractivity contribution in [3.8, 4) is 11.6 Å². The van der Waals surface area contributed by atoms with Gasteiger partial charge in [-0.25, -0.2) is 15.0 Å². The average Bonchev–Trinajstić information content (AvgIpc) is 3.36. The molecule has 1 fully saturated rings. The first kappa shape index (κ1) is 16.1. The van der Waals surface area contributed by atoms with Crippen LogP contribution in [-0.2, 0) is 6.54 Å². The largest absolute Gasteiger partial charge is 0.337 e. The summed E-state index contributed by atoms with van der Waals surface area (Å²) in [5.74, 6) is 1.54. The smallest absolute Gasteiger partial charge is 0.244 e. The van der Waals surface area contributed by atoms with E-state index in [0.29, 0.717) is 17.5 Å². The molecule has 0 aliphatic carbocycles. The van der Waals surface area contributed by atoms with Gasteiger partial charge in [-0.15, -0.1) is 0 Å². The van der Waals surface area contributed by atoms with Gasteiger partial charge in [0, 0.05) is 31.3 Å². The van der Waals surface area contributed by atoms with E-state index in [-0.39, 0.29) is 6.04 Å². The molecule has 0 radical (unpaired) electrons. The van der Waals surface area contributed by atoms with E-state index in [4.69, 9.17) is 9.51 Å². The molecule has 8 nitrogen and oxygen atoms in total. The molecule has 5 heterocycles. The minimum atomic E-state index is 0.0912. The van der Waals surface area contributed by atoms with Crippen molar-refractivity contribution in [1.82, 2.24) is 34.4 Å². The van der Waals surface area contributed by atoms with Crippen LogP contribution in [0.3, 0.4) is 0 Å². The molecule has 1 aliphatic heterocycles. The molecule has 0 N–H and O–H groups in total. The predicted octanol–water partition coefficient (Wildman–Crippen LogP) is 2.90. The van der Waals surface area contributed by atoms with E-state index in [0.717, 1.165) is 43.7 Å². The molecule has 1 unspecified atom stereocenters. The highest BCUT2D eigenvalue weighted by molar-refractivity contribution is 5.41. The third-order valence-corrected chi connectivity index (χ3v) is 4.89. The number of hydrogen-bond acceptors (Lipinski definition) is 7. The average molecular weight is 361 g/mol. The van der Waals surface area contributed by atoms with Crippen LogP contribution >= 0.6 is 0 Å². The lowest BCUT2D eigenvalue weighted by Crippen LogP contribution is -2.33. The van der Waals surface area contributed by atoms with E-state index < -0.39 is 0 Å². The van der Waals surface area contributed by atoms with Crippen LogP contribution in [0.4, 0.5) is 0 Å². The Balaban J connectivity index is 1.40. The zero-order chi connectivity index (χ0) is 18.1. The van der Waals surface area contributed by atoms with Gasteiger partial charge >= 0.3 is 0 Å². The number of pyridine rings is 1. The fourth-order valence-corrected chi connectivity index (χ4v) is 3.61. The highest BCUT2D eigenvalue weighted by atomic mass is 16.5. The molecule has 0 aromatic carbocycles. The number of aromatic nitrogens is 6. The van der Waals surface area contributed by atoms with Crippen molar-refractivity contribution in [3.63, 3.8) is 0 Å². The van der Waals surface area contributed by atoms with Crippen LogP contribution in [0.2, 0.25) is 0 Å². The monoisotopic (exact) mass is 361 g/mol. The maximum atomic E-state index is 5.58. The van der Waals surface area contributed by atoms with E-state index in [1.165, 1.54) is 0 Å². The first-order valence-corrected chi connectivity index (χ1v) is 9.14. The fraction of sp³-hybridized carbons (Fsp3) is 0.316. The number of piperidine rings is 1. The fourth-order valence-electron chi connectivity index (χ4n) is 3.61. The van der Waals surface area contributed by atoms with Crippen LogP contribution < -0.4 is 0 Å². The van der Waals surface area contributed by atoms with Gasteiger partial charge in [0.05, 0.1) is 11.7 Å². The summed E-state index contributed by atoms with van der Waals surface area (Å²) in [4.78, 5) is 20.1. The molecule has 0 amide bonds. The summed E-state index contributed by atoms with van der Waals surface area (Å²) in [6.45, 7) is 1.74. The molecule has 27 heavy (non-hydrogen) atoms. The number of fused-ring (bicyclic) bond motifs is 1.